The first-order valence-corrected chi connectivity index (χ1v) is 9.18. The van der Waals surface area contributed by atoms with E-state index in [-0.39, 0.29) is 11.1 Å². The highest BCUT2D eigenvalue weighted by Crippen LogP contribution is 2.32. The van der Waals surface area contributed by atoms with Crippen molar-refractivity contribution in [3.8, 4) is 0 Å². The first-order chi connectivity index (χ1) is 13.9. The number of amides is 4. The van der Waals surface area contributed by atoms with E-state index >= 15 is 0 Å². The van der Waals surface area contributed by atoms with E-state index in [2.05, 4.69) is 15.5 Å². The van der Waals surface area contributed by atoms with Crippen LogP contribution >= 0.6 is 0 Å². The van der Waals surface area contributed by atoms with Gasteiger partial charge < -0.3 is 14.8 Å². The number of nitrogens with one attached hydrogen (secondary N) is 2. The van der Waals surface area contributed by atoms with E-state index in [0.717, 1.165) is 19.3 Å². The van der Waals surface area contributed by atoms with E-state index in [4.69, 9.17) is 4.74 Å². The van der Waals surface area contributed by atoms with Crippen LogP contribution in [0.4, 0.5) is 4.79 Å². The molecule has 1 aromatic carbocycles. The molecule has 3 rings (SSSR count). The molecule has 10 nitrogen and oxygen atoms in total. The highest BCUT2D eigenvalue weighted by molar-refractivity contribution is 6.08. The molecule has 1 aliphatic heterocycles. The summed E-state index contributed by atoms with van der Waals surface area (Å²) >= 11 is 0. The summed E-state index contributed by atoms with van der Waals surface area (Å²) in [6, 6.07) is 4.79. The fourth-order valence-corrected chi connectivity index (χ4v) is 3.45. The van der Waals surface area contributed by atoms with Crippen molar-refractivity contribution in [1.29, 1.82) is 0 Å². The molecule has 1 saturated carbocycles. The molecule has 4 amide bonds. The maximum atomic E-state index is 12.6. The van der Waals surface area contributed by atoms with Crippen LogP contribution in [0.25, 0.3) is 0 Å². The highest BCUT2D eigenvalue weighted by Gasteiger charge is 2.52. The SMILES string of the molecule is COC(=O)c1ccc(C(=O)OCC(=O)NN2C(=O)NC3(CCCCC3)C2=O)cc1. The number of nitrogens with zero attached hydrogens (tertiary/aromatic N) is 1. The quantitative estimate of drug-likeness (QED) is 0.552. The molecule has 2 fully saturated rings. The van der Waals surface area contributed by atoms with Gasteiger partial charge in [-0.3, -0.25) is 15.0 Å². The van der Waals surface area contributed by atoms with E-state index in [1.54, 1.807) is 0 Å². The third-order valence-electron chi connectivity index (χ3n) is 4.98. The summed E-state index contributed by atoms with van der Waals surface area (Å²) in [5.41, 5.74) is 1.61. The van der Waals surface area contributed by atoms with Crippen LogP contribution in [0.3, 0.4) is 0 Å². The Bertz CT molecular complexity index is 844. The van der Waals surface area contributed by atoms with Crippen molar-refractivity contribution >= 4 is 29.8 Å². The minimum Gasteiger partial charge on any atom is -0.465 e. The number of hydrogen-bond donors (Lipinski definition) is 2. The number of urea groups is 1. The number of rotatable bonds is 5. The molecular weight excluding hydrogens is 382 g/mol. The number of hydrogen-bond acceptors (Lipinski definition) is 7. The molecule has 1 heterocycles. The maximum absolute atomic E-state index is 12.6. The van der Waals surface area contributed by atoms with Gasteiger partial charge in [0.1, 0.15) is 5.54 Å². The van der Waals surface area contributed by atoms with Gasteiger partial charge in [0.25, 0.3) is 11.8 Å². The number of methoxy groups -OCH3 is 1. The Morgan fingerprint density at radius 3 is 2.21 bits per heavy atom. The highest BCUT2D eigenvalue weighted by atomic mass is 16.5. The predicted octanol–water partition coefficient (Wildman–Crippen LogP) is 0.916. The van der Waals surface area contributed by atoms with Crippen molar-refractivity contribution in [2.45, 2.75) is 37.6 Å². The average molecular weight is 403 g/mol. The lowest BCUT2D eigenvalue weighted by Gasteiger charge is -2.30. The minimum absolute atomic E-state index is 0.126. The van der Waals surface area contributed by atoms with Crippen LogP contribution < -0.4 is 10.7 Å². The van der Waals surface area contributed by atoms with E-state index in [0.29, 0.717) is 17.9 Å². The normalized spacial score (nSPS) is 17.6. The van der Waals surface area contributed by atoms with Crippen LogP contribution in [0.15, 0.2) is 24.3 Å². The Morgan fingerprint density at radius 2 is 1.62 bits per heavy atom. The average Bonchev–Trinajstić information content (AvgIpc) is 2.95. The first kappa shape index (κ1) is 20.3. The zero-order valence-corrected chi connectivity index (χ0v) is 15.9. The topological polar surface area (TPSA) is 131 Å². The van der Waals surface area contributed by atoms with E-state index in [1.807, 2.05) is 0 Å². The fraction of sp³-hybridized carbons (Fsp3) is 0.421. The third kappa shape index (κ3) is 4.20. The Kier molecular flexibility index (Phi) is 5.81. The standard InChI is InChI=1S/C19H21N3O7/c1-28-15(24)12-5-7-13(8-6-12)16(25)29-11-14(23)21-22-17(26)19(20-18(22)27)9-3-2-4-10-19/h5-8H,2-4,9-11H2,1H3,(H,20,27)(H,21,23). The van der Waals surface area contributed by atoms with E-state index in [9.17, 15) is 24.0 Å². The number of imide groups is 1. The Balaban J connectivity index is 1.53. The zero-order chi connectivity index (χ0) is 21.0. The largest absolute Gasteiger partial charge is 0.465 e. The molecule has 2 N–H and O–H groups in total. The summed E-state index contributed by atoms with van der Waals surface area (Å²) in [6.45, 7) is -0.679. The lowest BCUT2D eigenvalue weighted by Crippen LogP contribution is -2.51. The van der Waals surface area contributed by atoms with Crippen LogP contribution in [-0.4, -0.2) is 54.0 Å². The van der Waals surface area contributed by atoms with Crippen molar-refractivity contribution in [2.24, 2.45) is 0 Å². The summed E-state index contributed by atoms with van der Waals surface area (Å²) < 4.78 is 9.46. The smallest absolute Gasteiger partial charge is 0.344 e. The summed E-state index contributed by atoms with van der Waals surface area (Å²) in [4.78, 5) is 60.1. The molecule has 0 atom stereocenters. The molecule has 0 aromatic heterocycles. The van der Waals surface area contributed by atoms with Crippen LogP contribution in [0.1, 0.15) is 52.8 Å². The third-order valence-corrected chi connectivity index (χ3v) is 4.98. The number of ether oxygens (including phenoxy) is 2. The van der Waals surface area contributed by atoms with Crippen molar-refractivity contribution in [1.82, 2.24) is 15.8 Å². The fourth-order valence-electron chi connectivity index (χ4n) is 3.45. The van der Waals surface area contributed by atoms with Gasteiger partial charge in [-0.25, -0.2) is 14.4 Å². The van der Waals surface area contributed by atoms with Gasteiger partial charge in [0, 0.05) is 0 Å². The minimum atomic E-state index is -0.958. The van der Waals surface area contributed by atoms with Crippen molar-refractivity contribution in [3.05, 3.63) is 35.4 Å². The van der Waals surface area contributed by atoms with Gasteiger partial charge >= 0.3 is 18.0 Å². The second kappa shape index (κ2) is 8.29. The Labute approximate surface area is 166 Å². The summed E-state index contributed by atoms with van der Waals surface area (Å²) in [5, 5.41) is 3.31. The van der Waals surface area contributed by atoms with E-state index in [1.165, 1.54) is 31.4 Å². The molecule has 10 heteroatoms. The summed E-state index contributed by atoms with van der Waals surface area (Å²) in [7, 11) is 1.24. The van der Waals surface area contributed by atoms with Crippen LogP contribution in [-0.2, 0) is 19.1 Å². The van der Waals surface area contributed by atoms with Crippen LogP contribution in [0, 0.1) is 0 Å². The number of carbonyl (C=O) groups excluding carboxylic acids is 5. The Hall–Kier alpha value is -3.43. The lowest BCUT2D eigenvalue weighted by molar-refractivity contribution is -0.140. The molecule has 0 radical (unpaired) electrons. The molecule has 154 valence electrons. The van der Waals surface area contributed by atoms with Gasteiger partial charge in [-0.15, -0.1) is 0 Å². The van der Waals surface area contributed by atoms with Gasteiger partial charge in [-0.2, -0.15) is 5.01 Å². The first-order valence-electron chi connectivity index (χ1n) is 9.18. The molecule has 1 aliphatic carbocycles. The van der Waals surface area contributed by atoms with Gasteiger partial charge in [0.05, 0.1) is 18.2 Å². The molecule has 1 spiro atoms. The van der Waals surface area contributed by atoms with Gasteiger partial charge in [0.15, 0.2) is 6.61 Å². The van der Waals surface area contributed by atoms with Gasteiger partial charge in [-0.1, -0.05) is 19.3 Å². The number of benzene rings is 1. The Morgan fingerprint density at radius 1 is 1.03 bits per heavy atom. The molecule has 1 saturated heterocycles. The van der Waals surface area contributed by atoms with Crippen molar-refractivity contribution in [2.75, 3.05) is 13.7 Å². The van der Waals surface area contributed by atoms with Crippen molar-refractivity contribution in [3.63, 3.8) is 0 Å². The number of hydrazine groups is 1. The molecule has 29 heavy (non-hydrogen) atoms. The lowest BCUT2D eigenvalue weighted by atomic mass is 9.82. The predicted molar refractivity (Wildman–Crippen MR) is 97.4 cm³/mol. The molecule has 1 aromatic rings. The van der Waals surface area contributed by atoms with Crippen molar-refractivity contribution < 1.29 is 33.4 Å². The second-order valence-electron chi connectivity index (χ2n) is 6.89. The van der Waals surface area contributed by atoms with Crippen LogP contribution in [0.2, 0.25) is 0 Å². The van der Waals surface area contributed by atoms with E-state index < -0.39 is 41.9 Å². The maximum Gasteiger partial charge on any atom is 0.344 e. The summed E-state index contributed by atoms with van der Waals surface area (Å²) in [5.74, 6) is -2.66. The van der Waals surface area contributed by atoms with Crippen LogP contribution in [0.5, 0.6) is 0 Å². The van der Waals surface area contributed by atoms with Gasteiger partial charge in [0.2, 0.25) is 0 Å². The second-order valence-corrected chi connectivity index (χ2v) is 6.89. The molecule has 2 aliphatic rings. The molecular formula is C19H21N3O7. The number of esters is 2. The van der Waals surface area contributed by atoms with Gasteiger partial charge in [-0.05, 0) is 37.1 Å². The number of carbonyl (C=O) groups is 5. The molecule has 0 bridgehead atoms. The summed E-state index contributed by atoms with van der Waals surface area (Å²) in [6.07, 6.45) is 3.69. The monoisotopic (exact) mass is 403 g/mol. The molecule has 0 unspecified atom stereocenters. The zero-order valence-electron chi connectivity index (χ0n) is 15.9.